The zero-order chi connectivity index (χ0) is 15.0. The molecule has 0 spiro atoms. The Morgan fingerprint density at radius 1 is 1.20 bits per heavy atom. The maximum absolute atomic E-state index is 10.2. The van der Waals surface area contributed by atoms with Gasteiger partial charge in [-0.25, -0.2) is 0 Å². The van der Waals surface area contributed by atoms with Gasteiger partial charge in [-0.1, -0.05) is 25.1 Å². The molecule has 1 aromatic carbocycles. The Labute approximate surface area is 122 Å². The summed E-state index contributed by atoms with van der Waals surface area (Å²) in [4.78, 5) is 2.24. The molecule has 0 aliphatic carbocycles. The number of rotatable bonds is 9. The molecule has 0 heterocycles. The summed E-state index contributed by atoms with van der Waals surface area (Å²) in [5, 5.41) is 10.2. The van der Waals surface area contributed by atoms with Crippen LogP contribution in [0.2, 0.25) is 0 Å². The number of hydrogen-bond acceptors (Lipinski definition) is 4. The summed E-state index contributed by atoms with van der Waals surface area (Å²) in [6.45, 7) is 6.16. The van der Waals surface area contributed by atoms with E-state index in [2.05, 4.69) is 17.9 Å². The van der Waals surface area contributed by atoms with Crippen LogP contribution in [0.15, 0.2) is 24.3 Å². The predicted molar refractivity (Wildman–Crippen MR) is 82.3 cm³/mol. The normalized spacial score (nSPS) is 14.1. The molecule has 0 saturated carbocycles. The molecule has 0 radical (unpaired) electrons. The van der Waals surface area contributed by atoms with Gasteiger partial charge in [0.1, 0.15) is 0 Å². The summed E-state index contributed by atoms with van der Waals surface area (Å²) in [5.74, 6) is 0. The number of hydrogen-bond donors (Lipinski definition) is 1. The van der Waals surface area contributed by atoms with Crippen molar-refractivity contribution in [2.45, 2.75) is 32.4 Å². The quantitative estimate of drug-likeness (QED) is 0.755. The van der Waals surface area contributed by atoms with E-state index in [1.165, 1.54) is 0 Å². The Morgan fingerprint density at radius 3 is 2.50 bits per heavy atom. The van der Waals surface area contributed by atoms with Crippen LogP contribution in [0.3, 0.4) is 0 Å². The molecule has 1 rings (SSSR count). The number of anilines is 1. The summed E-state index contributed by atoms with van der Waals surface area (Å²) in [6, 6.07) is 8.23. The second-order valence-corrected chi connectivity index (χ2v) is 4.97. The highest BCUT2D eigenvalue weighted by Crippen LogP contribution is 2.29. The van der Waals surface area contributed by atoms with Gasteiger partial charge in [0.15, 0.2) is 0 Å². The van der Waals surface area contributed by atoms with Crippen LogP contribution in [-0.4, -0.2) is 45.1 Å². The average Bonchev–Trinajstić information content (AvgIpc) is 2.47. The van der Waals surface area contributed by atoms with Gasteiger partial charge >= 0.3 is 0 Å². The monoisotopic (exact) mass is 281 g/mol. The van der Waals surface area contributed by atoms with Gasteiger partial charge in [0.25, 0.3) is 0 Å². The Bertz CT molecular complexity index is 384. The maximum Gasteiger partial charge on any atom is 0.0807 e. The number of aliphatic hydroxyl groups is 1. The molecule has 1 unspecified atom stereocenters. The second kappa shape index (κ2) is 8.95. The van der Waals surface area contributed by atoms with E-state index in [4.69, 9.17) is 9.47 Å². The lowest BCUT2D eigenvalue weighted by Crippen LogP contribution is -2.39. The smallest absolute Gasteiger partial charge is 0.0807 e. The molecular weight excluding hydrogens is 254 g/mol. The Kier molecular flexibility index (Phi) is 7.59. The summed E-state index contributed by atoms with van der Waals surface area (Å²) in [7, 11) is 3.41. The standard InChI is InChI=1S/C16H27NO3/c1-5-16(18)14-8-6-7-9-15(14)17(10-11-19-3)13(2)12-20-4/h6-9,13,16,18H,5,10-12H2,1-4H3/t13?,16-/m1/s1. The van der Waals surface area contributed by atoms with Crippen molar-refractivity contribution in [1.82, 2.24) is 0 Å². The lowest BCUT2D eigenvalue weighted by Gasteiger charge is -2.33. The largest absolute Gasteiger partial charge is 0.388 e. The van der Waals surface area contributed by atoms with Gasteiger partial charge in [0.05, 0.1) is 19.3 Å². The number of nitrogens with zero attached hydrogens (tertiary/aromatic N) is 1. The molecule has 0 fully saturated rings. The molecule has 0 aromatic heterocycles. The number of ether oxygens (including phenoxy) is 2. The molecular formula is C16H27NO3. The SMILES string of the molecule is CC[C@@H](O)c1ccccc1N(CCOC)C(C)COC. The molecule has 2 atom stereocenters. The van der Waals surface area contributed by atoms with Crippen LogP contribution < -0.4 is 4.90 Å². The van der Waals surface area contributed by atoms with E-state index in [1.54, 1.807) is 14.2 Å². The molecule has 1 aromatic rings. The van der Waals surface area contributed by atoms with Crippen LogP contribution in [0.25, 0.3) is 0 Å². The van der Waals surface area contributed by atoms with E-state index in [0.29, 0.717) is 19.6 Å². The number of aliphatic hydroxyl groups excluding tert-OH is 1. The van der Waals surface area contributed by atoms with Crippen molar-refractivity contribution >= 4 is 5.69 Å². The molecule has 0 aliphatic heterocycles. The average molecular weight is 281 g/mol. The summed E-state index contributed by atoms with van der Waals surface area (Å²) in [5.41, 5.74) is 2.03. The minimum Gasteiger partial charge on any atom is -0.388 e. The highest BCUT2D eigenvalue weighted by atomic mass is 16.5. The Morgan fingerprint density at radius 2 is 1.90 bits per heavy atom. The molecule has 20 heavy (non-hydrogen) atoms. The fourth-order valence-electron chi connectivity index (χ4n) is 2.35. The van der Waals surface area contributed by atoms with E-state index in [1.807, 2.05) is 25.1 Å². The van der Waals surface area contributed by atoms with Gasteiger partial charge in [0, 0.05) is 38.1 Å². The summed E-state index contributed by atoms with van der Waals surface area (Å²) in [6.07, 6.45) is 0.263. The topological polar surface area (TPSA) is 41.9 Å². The third-order valence-corrected chi connectivity index (χ3v) is 3.47. The van der Waals surface area contributed by atoms with Crippen molar-refractivity contribution in [2.75, 3.05) is 38.9 Å². The fourth-order valence-corrected chi connectivity index (χ4v) is 2.35. The third-order valence-electron chi connectivity index (χ3n) is 3.47. The first kappa shape index (κ1) is 17.0. The lowest BCUT2D eigenvalue weighted by molar-refractivity contribution is 0.166. The van der Waals surface area contributed by atoms with Crippen LogP contribution in [0.5, 0.6) is 0 Å². The van der Waals surface area contributed by atoms with Crippen molar-refractivity contribution in [3.05, 3.63) is 29.8 Å². The van der Waals surface area contributed by atoms with Crippen molar-refractivity contribution in [3.8, 4) is 0 Å². The second-order valence-electron chi connectivity index (χ2n) is 4.97. The summed E-state index contributed by atoms with van der Waals surface area (Å²) >= 11 is 0. The molecule has 0 aliphatic rings. The Balaban J connectivity index is 3.05. The van der Waals surface area contributed by atoms with E-state index in [-0.39, 0.29) is 6.04 Å². The molecule has 0 saturated heterocycles. The van der Waals surface area contributed by atoms with Gasteiger partial charge in [-0.05, 0) is 19.4 Å². The molecule has 0 amide bonds. The number of para-hydroxylation sites is 1. The van der Waals surface area contributed by atoms with Gasteiger partial charge in [-0.15, -0.1) is 0 Å². The van der Waals surface area contributed by atoms with Crippen LogP contribution in [0.1, 0.15) is 31.9 Å². The highest BCUT2D eigenvalue weighted by molar-refractivity contribution is 5.55. The predicted octanol–water partition coefficient (Wildman–Crippen LogP) is 2.62. The molecule has 4 heteroatoms. The number of methoxy groups -OCH3 is 2. The molecule has 1 N–H and O–H groups in total. The van der Waals surface area contributed by atoms with Gasteiger partial charge in [-0.2, -0.15) is 0 Å². The van der Waals surface area contributed by atoms with Crippen molar-refractivity contribution in [3.63, 3.8) is 0 Å². The van der Waals surface area contributed by atoms with Crippen molar-refractivity contribution in [1.29, 1.82) is 0 Å². The van der Waals surface area contributed by atoms with Gasteiger partial charge < -0.3 is 19.5 Å². The van der Waals surface area contributed by atoms with Gasteiger partial charge in [0.2, 0.25) is 0 Å². The first-order valence-electron chi connectivity index (χ1n) is 7.17. The zero-order valence-corrected chi connectivity index (χ0v) is 13.0. The zero-order valence-electron chi connectivity index (χ0n) is 13.0. The molecule has 114 valence electrons. The van der Waals surface area contributed by atoms with Crippen LogP contribution in [0.4, 0.5) is 5.69 Å². The van der Waals surface area contributed by atoms with E-state index in [9.17, 15) is 5.11 Å². The fraction of sp³-hybridized carbons (Fsp3) is 0.625. The summed E-state index contributed by atoms with van der Waals surface area (Å²) < 4.78 is 10.5. The number of benzene rings is 1. The maximum atomic E-state index is 10.2. The van der Waals surface area contributed by atoms with E-state index >= 15 is 0 Å². The van der Waals surface area contributed by atoms with Crippen LogP contribution in [0, 0.1) is 0 Å². The van der Waals surface area contributed by atoms with Crippen LogP contribution >= 0.6 is 0 Å². The van der Waals surface area contributed by atoms with E-state index in [0.717, 1.165) is 17.8 Å². The van der Waals surface area contributed by atoms with Crippen LogP contribution in [-0.2, 0) is 9.47 Å². The molecule has 0 bridgehead atoms. The highest BCUT2D eigenvalue weighted by Gasteiger charge is 2.19. The molecule has 4 nitrogen and oxygen atoms in total. The van der Waals surface area contributed by atoms with Crippen molar-refractivity contribution < 1.29 is 14.6 Å². The first-order chi connectivity index (χ1) is 9.65. The van der Waals surface area contributed by atoms with E-state index < -0.39 is 6.10 Å². The lowest BCUT2D eigenvalue weighted by atomic mass is 10.0. The third kappa shape index (κ3) is 4.47. The Hall–Kier alpha value is -1.10. The minimum atomic E-state index is -0.439. The minimum absolute atomic E-state index is 0.223. The first-order valence-corrected chi connectivity index (χ1v) is 7.17. The van der Waals surface area contributed by atoms with Crippen molar-refractivity contribution in [2.24, 2.45) is 0 Å². The van der Waals surface area contributed by atoms with Gasteiger partial charge in [-0.3, -0.25) is 0 Å².